The number of fused-ring (bicyclic) bond motifs is 1. The molecular weight excluding hydrogens is 318 g/mol. The molecule has 122 valence electrons. The van der Waals surface area contributed by atoms with Crippen LogP contribution in [-0.4, -0.2) is 31.1 Å². The van der Waals surface area contributed by atoms with E-state index in [1.54, 1.807) is 12.1 Å². The van der Waals surface area contributed by atoms with E-state index >= 15 is 0 Å². The maximum atomic E-state index is 12.3. The highest BCUT2D eigenvalue weighted by atomic mass is 32.2. The molecule has 0 bridgehead atoms. The molecule has 2 aromatic rings. The Morgan fingerprint density at radius 2 is 2.22 bits per heavy atom. The van der Waals surface area contributed by atoms with E-state index in [1.807, 2.05) is 0 Å². The quantitative estimate of drug-likeness (QED) is 0.606. The molecule has 23 heavy (non-hydrogen) atoms. The average Bonchev–Trinajstić information content (AvgIpc) is 2.96. The second kappa shape index (κ2) is 6.11. The first-order valence-corrected chi connectivity index (χ1v) is 8.66. The van der Waals surface area contributed by atoms with Crippen LogP contribution in [0.3, 0.4) is 0 Å². The molecule has 8 nitrogen and oxygen atoms in total. The van der Waals surface area contributed by atoms with Gasteiger partial charge in [-0.05, 0) is 17.7 Å². The van der Waals surface area contributed by atoms with Crippen LogP contribution in [0.5, 0.6) is 0 Å². The van der Waals surface area contributed by atoms with Gasteiger partial charge in [0.2, 0.25) is 10.0 Å². The molecule has 0 aliphatic carbocycles. The Kier molecular flexibility index (Phi) is 4.16. The maximum absolute atomic E-state index is 12.3. The third-order valence-electron chi connectivity index (χ3n) is 3.70. The number of nitrogens with two attached hydrogens (primary N) is 1. The predicted octanol–water partition coefficient (Wildman–Crippen LogP) is -0.367. The summed E-state index contributed by atoms with van der Waals surface area (Å²) in [6, 6.07) is 6.16. The Hall–Kier alpha value is -2.23. The highest BCUT2D eigenvalue weighted by Gasteiger charge is 2.21. The number of benzene rings is 1. The van der Waals surface area contributed by atoms with Crippen molar-refractivity contribution in [1.82, 2.24) is 20.8 Å². The van der Waals surface area contributed by atoms with Crippen LogP contribution in [0.4, 0.5) is 0 Å². The Bertz CT molecular complexity index is 844. The van der Waals surface area contributed by atoms with Crippen molar-refractivity contribution >= 4 is 15.9 Å². The number of carbonyl (C=O) groups is 1. The van der Waals surface area contributed by atoms with Gasteiger partial charge in [0.1, 0.15) is 0 Å². The van der Waals surface area contributed by atoms with Crippen LogP contribution >= 0.6 is 0 Å². The molecule has 5 N–H and O–H groups in total. The summed E-state index contributed by atoms with van der Waals surface area (Å²) in [6.07, 6.45) is 0.812. The summed E-state index contributed by atoms with van der Waals surface area (Å²) in [5.41, 5.74) is 2.87. The van der Waals surface area contributed by atoms with Gasteiger partial charge in [-0.15, -0.1) is 0 Å². The van der Waals surface area contributed by atoms with E-state index in [0.29, 0.717) is 17.8 Å². The van der Waals surface area contributed by atoms with Gasteiger partial charge in [-0.1, -0.05) is 12.1 Å². The van der Waals surface area contributed by atoms with Crippen LogP contribution < -0.4 is 15.8 Å². The van der Waals surface area contributed by atoms with Crippen molar-refractivity contribution in [2.75, 3.05) is 6.54 Å². The van der Waals surface area contributed by atoms with Crippen LogP contribution in [0, 0.1) is 0 Å². The number of aromatic amines is 1. The lowest BCUT2D eigenvalue weighted by Gasteiger charge is -2.13. The second-order valence-electron chi connectivity index (χ2n) is 5.33. The summed E-state index contributed by atoms with van der Waals surface area (Å²) in [5, 5.41) is 18.0. The molecular formula is C14H17N5O3S. The fourth-order valence-electron chi connectivity index (χ4n) is 2.51. The number of nitrogens with zero attached hydrogens (tertiary/aromatic N) is 1. The molecule has 1 amide bonds. The molecule has 0 fully saturated rings. The van der Waals surface area contributed by atoms with Gasteiger partial charge >= 0.3 is 0 Å². The lowest BCUT2D eigenvalue weighted by atomic mass is 10.1. The van der Waals surface area contributed by atoms with Gasteiger partial charge in [-0.2, -0.15) is 5.10 Å². The van der Waals surface area contributed by atoms with Crippen molar-refractivity contribution in [1.29, 1.82) is 0 Å². The van der Waals surface area contributed by atoms with Crippen molar-refractivity contribution in [3.8, 4) is 0 Å². The summed E-state index contributed by atoms with van der Waals surface area (Å²) >= 11 is 0. The van der Waals surface area contributed by atoms with Crippen molar-refractivity contribution < 1.29 is 13.2 Å². The first-order chi connectivity index (χ1) is 10.9. The molecule has 0 spiro atoms. The van der Waals surface area contributed by atoms with Gasteiger partial charge in [0.05, 0.1) is 4.90 Å². The smallest absolute Gasteiger partial charge is 0.272 e. The second-order valence-corrected chi connectivity index (χ2v) is 6.89. The molecule has 2 heterocycles. The average molecular weight is 335 g/mol. The van der Waals surface area contributed by atoms with E-state index in [4.69, 9.17) is 5.14 Å². The number of carbonyl (C=O) groups excluding carboxylic acids is 1. The number of hydrogen-bond acceptors (Lipinski definition) is 5. The van der Waals surface area contributed by atoms with E-state index in [1.165, 1.54) is 12.1 Å². The van der Waals surface area contributed by atoms with Crippen LogP contribution in [0.15, 0.2) is 29.2 Å². The number of rotatable bonds is 4. The molecule has 0 saturated heterocycles. The highest BCUT2D eigenvalue weighted by molar-refractivity contribution is 7.89. The van der Waals surface area contributed by atoms with E-state index in [-0.39, 0.29) is 17.3 Å². The number of amides is 1. The molecule has 1 aromatic carbocycles. The monoisotopic (exact) mass is 335 g/mol. The summed E-state index contributed by atoms with van der Waals surface area (Å²) in [5.74, 6) is -0.299. The standard InChI is InChI=1S/C14H17N5O3S/c15-23(21,22)10-3-1-2-9(6-10)7-17-14(20)13-11-8-16-5-4-12(11)18-19-13/h1-3,6,16H,4-5,7-8H2,(H,17,20)(H,18,19)(H2,15,21,22). The van der Waals surface area contributed by atoms with Crippen LogP contribution in [-0.2, 0) is 29.5 Å². The Labute approximate surface area is 133 Å². The SMILES string of the molecule is NS(=O)(=O)c1cccc(CNC(=O)c2n[nH]c3c2CNCC3)c1. The molecule has 1 aliphatic rings. The molecule has 0 saturated carbocycles. The Morgan fingerprint density at radius 3 is 3.00 bits per heavy atom. The molecule has 3 rings (SSSR count). The number of sulfonamides is 1. The summed E-state index contributed by atoms with van der Waals surface area (Å²) in [7, 11) is -3.76. The minimum atomic E-state index is -3.76. The normalized spacial score (nSPS) is 14.3. The van der Waals surface area contributed by atoms with Crippen molar-refractivity contribution in [2.45, 2.75) is 24.4 Å². The number of H-pyrrole nitrogens is 1. The van der Waals surface area contributed by atoms with Gasteiger partial charge in [-0.3, -0.25) is 9.89 Å². The summed E-state index contributed by atoms with van der Waals surface area (Å²) < 4.78 is 22.7. The zero-order valence-corrected chi connectivity index (χ0v) is 13.1. The lowest BCUT2D eigenvalue weighted by Crippen LogP contribution is -2.28. The number of primary sulfonamides is 1. The summed E-state index contributed by atoms with van der Waals surface area (Å²) in [6.45, 7) is 1.66. The topological polar surface area (TPSA) is 130 Å². The minimum absolute atomic E-state index is 0.0191. The minimum Gasteiger partial charge on any atom is -0.347 e. The van der Waals surface area contributed by atoms with Crippen molar-refractivity contribution in [2.24, 2.45) is 5.14 Å². The van der Waals surface area contributed by atoms with Gasteiger partial charge < -0.3 is 10.6 Å². The molecule has 0 radical (unpaired) electrons. The van der Waals surface area contributed by atoms with E-state index in [9.17, 15) is 13.2 Å². The third-order valence-corrected chi connectivity index (χ3v) is 4.61. The van der Waals surface area contributed by atoms with E-state index in [2.05, 4.69) is 20.8 Å². The van der Waals surface area contributed by atoms with Crippen LogP contribution in [0.1, 0.15) is 27.3 Å². The fraction of sp³-hybridized carbons (Fsp3) is 0.286. The van der Waals surface area contributed by atoms with E-state index < -0.39 is 10.0 Å². The number of hydrogen-bond donors (Lipinski definition) is 4. The van der Waals surface area contributed by atoms with Crippen LogP contribution in [0.25, 0.3) is 0 Å². The zero-order valence-electron chi connectivity index (χ0n) is 12.3. The number of aromatic nitrogens is 2. The molecule has 0 unspecified atom stereocenters. The largest absolute Gasteiger partial charge is 0.347 e. The zero-order chi connectivity index (χ0) is 16.4. The molecule has 1 aliphatic heterocycles. The first-order valence-electron chi connectivity index (χ1n) is 7.12. The third kappa shape index (κ3) is 3.41. The van der Waals surface area contributed by atoms with Gasteiger partial charge in [0.25, 0.3) is 5.91 Å². The van der Waals surface area contributed by atoms with Gasteiger partial charge in [-0.25, -0.2) is 13.6 Å². The lowest BCUT2D eigenvalue weighted by molar-refractivity contribution is 0.0944. The Morgan fingerprint density at radius 1 is 1.39 bits per heavy atom. The Balaban J connectivity index is 1.71. The van der Waals surface area contributed by atoms with Crippen molar-refractivity contribution in [3.05, 3.63) is 46.8 Å². The highest BCUT2D eigenvalue weighted by Crippen LogP contribution is 2.15. The van der Waals surface area contributed by atoms with E-state index in [0.717, 1.165) is 24.2 Å². The molecule has 9 heteroatoms. The van der Waals surface area contributed by atoms with Crippen molar-refractivity contribution in [3.63, 3.8) is 0 Å². The van der Waals surface area contributed by atoms with Gasteiger partial charge in [0, 0.05) is 37.3 Å². The fourth-order valence-corrected chi connectivity index (χ4v) is 3.10. The predicted molar refractivity (Wildman–Crippen MR) is 83.0 cm³/mol. The first kappa shape index (κ1) is 15.7. The number of nitrogens with one attached hydrogen (secondary N) is 3. The molecule has 1 aromatic heterocycles. The summed E-state index contributed by atoms with van der Waals surface area (Å²) in [4.78, 5) is 12.3. The molecule has 0 atom stereocenters. The maximum Gasteiger partial charge on any atom is 0.272 e. The van der Waals surface area contributed by atoms with Gasteiger partial charge in [0.15, 0.2) is 5.69 Å². The van der Waals surface area contributed by atoms with Crippen LogP contribution in [0.2, 0.25) is 0 Å².